The van der Waals surface area contributed by atoms with Crippen LogP contribution >= 0.6 is 0 Å². The molecule has 0 fully saturated rings. The Morgan fingerprint density at radius 1 is 1.00 bits per heavy atom. The summed E-state index contributed by atoms with van der Waals surface area (Å²) in [4.78, 5) is 0. The van der Waals surface area contributed by atoms with E-state index in [1.54, 1.807) is 0 Å². The van der Waals surface area contributed by atoms with Crippen LogP contribution in [0.3, 0.4) is 0 Å². The Kier molecular flexibility index (Phi) is 6.08. The number of rotatable bonds is 4. The maximum absolute atomic E-state index is 2.45. The fourth-order valence-corrected chi connectivity index (χ4v) is 2.56. The molecule has 0 amide bonds. The average molecular weight is 207 g/mol. The van der Waals surface area contributed by atoms with Crippen LogP contribution in [0.25, 0.3) is 0 Å². The molecule has 0 bridgehead atoms. The summed E-state index contributed by atoms with van der Waals surface area (Å²) in [5, 5.41) is 0. The minimum absolute atomic E-state index is 0.331. The van der Waals surface area contributed by atoms with Gasteiger partial charge in [-0.05, 0) is 0 Å². The first-order valence-corrected chi connectivity index (χ1v) is 5.59. The van der Waals surface area contributed by atoms with Crippen LogP contribution in [0.4, 0.5) is 0 Å². The Labute approximate surface area is 70.6 Å². The van der Waals surface area contributed by atoms with Crippen molar-refractivity contribution in [2.45, 2.75) is 13.8 Å². The monoisotopic (exact) mass is 206 g/mol. The van der Waals surface area contributed by atoms with Crippen molar-refractivity contribution in [2.75, 3.05) is 27.2 Å². The van der Waals surface area contributed by atoms with E-state index in [0.29, 0.717) is 0 Å². The van der Waals surface area contributed by atoms with E-state index in [9.17, 15) is 0 Å². The molecule has 54 valence electrons. The van der Waals surface area contributed by atoms with Crippen molar-refractivity contribution < 1.29 is 23.8 Å². The van der Waals surface area contributed by atoms with E-state index in [2.05, 4.69) is 33.6 Å². The van der Waals surface area contributed by atoms with Gasteiger partial charge in [-0.25, -0.2) is 0 Å². The predicted molar refractivity (Wildman–Crippen MR) is 36.6 cm³/mol. The molecule has 2 nitrogen and oxygen atoms in total. The van der Waals surface area contributed by atoms with E-state index in [-0.39, 0.29) is 23.8 Å². The van der Waals surface area contributed by atoms with Gasteiger partial charge in [-0.1, -0.05) is 0 Å². The zero-order chi connectivity index (χ0) is 7.28. The van der Waals surface area contributed by atoms with Gasteiger partial charge in [-0.15, -0.1) is 0 Å². The molecule has 0 rings (SSSR count). The van der Waals surface area contributed by atoms with Gasteiger partial charge in [0.05, 0.1) is 0 Å². The molecule has 0 aromatic rings. The summed E-state index contributed by atoms with van der Waals surface area (Å²) >= 11 is -0.331. The van der Waals surface area contributed by atoms with Gasteiger partial charge >= 0.3 is 70.5 Å². The molecular formula is C6H16N2Zr. The van der Waals surface area contributed by atoms with E-state index in [1.807, 2.05) is 0 Å². The number of nitrogens with zero attached hydrogens (tertiary/aromatic N) is 2. The Hall–Kier alpha value is 0.803. The maximum atomic E-state index is 2.45. The van der Waals surface area contributed by atoms with Gasteiger partial charge in [-0.2, -0.15) is 0 Å². The van der Waals surface area contributed by atoms with Crippen LogP contribution in [-0.4, -0.2) is 32.9 Å². The molecule has 0 saturated heterocycles. The second-order valence-electron chi connectivity index (χ2n) is 2.13. The van der Waals surface area contributed by atoms with Crippen LogP contribution < -0.4 is 0 Å². The van der Waals surface area contributed by atoms with Crippen molar-refractivity contribution >= 4 is 0 Å². The zero-order valence-electron chi connectivity index (χ0n) is 6.81. The molecule has 0 radical (unpaired) electrons. The van der Waals surface area contributed by atoms with Gasteiger partial charge in [0.2, 0.25) is 0 Å². The standard InChI is InChI=1S/2C3H8N.Zr/c2*1-3-4-2;/h2*3H2,1-2H3;/q2*-1;+2. The van der Waals surface area contributed by atoms with E-state index in [0.717, 1.165) is 0 Å². The molecule has 0 aliphatic rings. The summed E-state index contributed by atoms with van der Waals surface area (Å²) in [6.07, 6.45) is 0. The first-order valence-electron chi connectivity index (χ1n) is 3.39. The van der Waals surface area contributed by atoms with Crippen LogP contribution in [0.5, 0.6) is 0 Å². The van der Waals surface area contributed by atoms with Gasteiger partial charge in [0.1, 0.15) is 0 Å². The van der Waals surface area contributed by atoms with Crippen LogP contribution in [0.2, 0.25) is 0 Å². The first-order chi connectivity index (χ1) is 4.20. The van der Waals surface area contributed by atoms with Crippen molar-refractivity contribution in [2.24, 2.45) is 0 Å². The van der Waals surface area contributed by atoms with Gasteiger partial charge in [0.15, 0.2) is 0 Å². The summed E-state index contributed by atoms with van der Waals surface area (Å²) < 4.78 is 4.90. The third kappa shape index (κ3) is 5.26. The van der Waals surface area contributed by atoms with Crippen LogP contribution in [0, 0.1) is 0 Å². The Morgan fingerprint density at radius 3 is 1.56 bits per heavy atom. The summed E-state index contributed by atoms with van der Waals surface area (Å²) in [6.45, 7) is 6.84. The van der Waals surface area contributed by atoms with Crippen molar-refractivity contribution in [3.8, 4) is 0 Å². The molecule has 0 heterocycles. The third-order valence-electron chi connectivity index (χ3n) is 1.29. The molecule has 0 N–H and O–H groups in total. The van der Waals surface area contributed by atoms with Crippen molar-refractivity contribution in [1.82, 2.24) is 5.69 Å². The van der Waals surface area contributed by atoms with E-state index >= 15 is 0 Å². The number of hydrogen-bond acceptors (Lipinski definition) is 2. The van der Waals surface area contributed by atoms with Crippen LogP contribution in [-0.2, 0) is 23.8 Å². The second kappa shape index (κ2) is 5.58. The molecule has 0 saturated carbocycles. The summed E-state index contributed by atoms with van der Waals surface area (Å²) in [7, 11) is 4.41. The van der Waals surface area contributed by atoms with Crippen molar-refractivity contribution in [3.63, 3.8) is 0 Å². The fraction of sp³-hybridized carbons (Fsp3) is 1.00. The van der Waals surface area contributed by atoms with Gasteiger partial charge in [-0.3, -0.25) is 0 Å². The van der Waals surface area contributed by atoms with Crippen LogP contribution in [0.15, 0.2) is 0 Å². The molecule has 0 unspecified atom stereocenters. The van der Waals surface area contributed by atoms with Gasteiger partial charge in [0, 0.05) is 0 Å². The molecule has 0 aliphatic heterocycles. The Bertz CT molecular complexity index is 60.1. The van der Waals surface area contributed by atoms with E-state index < -0.39 is 0 Å². The van der Waals surface area contributed by atoms with E-state index in [1.165, 1.54) is 13.1 Å². The third-order valence-corrected chi connectivity index (χ3v) is 4.52. The minimum atomic E-state index is -0.331. The molecule has 0 aromatic heterocycles. The summed E-state index contributed by atoms with van der Waals surface area (Å²) in [5.41, 5.74) is 0. The zero-order valence-corrected chi connectivity index (χ0v) is 9.27. The molecular weight excluding hydrogens is 191 g/mol. The predicted octanol–water partition coefficient (Wildman–Crippen LogP) is 0.802. The quantitative estimate of drug-likeness (QED) is 0.673. The fourth-order valence-electron chi connectivity index (χ4n) is 0.433. The molecule has 0 aromatic carbocycles. The molecule has 0 spiro atoms. The van der Waals surface area contributed by atoms with Gasteiger partial charge in [0.25, 0.3) is 0 Å². The molecule has 0 aliphatic carbocycles. The molecule has 0 atom stereocenters. The summed E-state index contributed by atoms with van der Waals surface area (Å²) in [6, 6.07) is 0. The SMILES string of the molecule is CC[N](C)[Zr][N](C)CC. The van der Waals surface area contributed by atoms with E-state index in [4.69, 9.17) is 0 Å². The van der Waals surface area contributed by atoms with Crippen molar-refractivity contribution in [1.29, 1.82) is 0 Å². The second-order valence-corrected chi connectivity index (χ2v) is 6.37. The Balaban J connectivity index is 3.22. The average Bonchev–Trinajstić information content (AvgIpc) is 1.87. The summed E-state index contributed by atoms with van der Waals surface area (Å²) in [5.74, 6) is 0. The first kappa shape index (κ1) is 9.80. The normalized spacial score (nSPS) is 10.9. The topological polar surface area (TPSA) is 6.48 Å². The van der Waals surface area contributed by atoms with Crippen molar-refractivity contribution in [3.05, 3.63) is 0 Å². The molecule has 3 heteroatoms. The van der Waals surface area contributed by atoms with Gasteiger partial charge < -0.3 is 0 Å². The number of hydrogen-bond donors (Lipinski definition) is 0. The van der Waals surface area contributed by atoms with Crippen LogP contribution in [0.1, 0.15) is 13.8 Å². The Morgan fingerprint density at radius 2 is 1.33 bits per heavy atom. The molecule has 9 heavy (non-hydrogen) atoms.